The normalized spacial score (nSPS) is 13.8. The monoisotopic (exact) mass is 358 g/mol. The van der Waals surface area contributed by atoms with E-state index in [4.69, 9.17) is 15.9 Å². The molecule has 0 fully saturated rings. The Labute approximate surface area is 122 Å². The van der Waals surface area contributed by atoms with Crippen LogP contribution in [0, 0.1) is 0 Å². The third-order valence-corrected chi connectivity index (χ3v) is 5.11. The van der Waals surface area contributed by atoms with E-state index >= 15 is 0 Å². The van der Waals surface area contributed by atoms with Crippen molar-refractivity contribution in [2.45, 2.75) is 31.8 Å². The van der Waals surface area contributed by atoms with Gasteiger partial charge in [0.15, 0.2) is 0 Å². The zero-order chi connectivity index (χ0) is 14.8. The molecule has 0 aliphatic heterocycles. The summed E-state index contributed by atoms with van der Waals surface area (Å²) in [5.74, 6) is -1.37. The maximum absolute atomic E-state index is 11.1. The number of aliphatic carboxylic acids is 2. The Morgan fingerprint density at radius 3 is 2.42 bits per heavy atom. The van der Waals surface area contributed by atoms with Crippen LogP contribution in [0.15, 0.2) is 0 Å². The molecule has 0 aromatic heterocycles. The minimum atomic E-state index is -1.07. The number of carbonyl (C=O) groups excluding carboxylic acids is 1. The Morgan fingerprint density at radius 2 is 1.95 bits per heavy atom. The Kier molecular flexibility index (Phi) is 9.90. The average Bonchev–Trinajstić information content (AvgIpc) is 2.36. The van der Waals surface area contributed by atoms with E-state index in [0.717, 1.165) is 0 Å². The molecule has 0 radical (unpaired) electrons. The standard InChI is InChI=1S/C10H18N2O5SSe/c1-2-8(13)19-12-7(10(16)17)3-4-18-5-6(11)9(14)15/h6-7,12H,2-5,11H2,1H3,(H,14,15)(H,16,17). The van der Waals surface area contributed by atoms with Crippen LogP contribution in [-0.2, 0) is 14.4 Å². The first-order valence-corrected chi connectivity index (χ1v) is 8.49. The van der Waals surface area contributed by atoms with Gasteiger partial charge in [0.2, 0.25) is 0 Å². The molecule has 0 aromatic rings. The first kappa shape index (κ1) is 18.4. The Hall–Kier alpha value is -0.601. The predicted molar refractivity (Wildman–Crippen MR) is 73.2 cm³/mol. The van der Waals surface area contributed by atoms with Gasteiger partial charge in [-0.05, 0) is 0 Å². The summed E-state index contributed by atoms with van der Waals surface area (Å²) in [6.07, 6.45) is 0.715. The van der Waals surface area contributed by atoms with Crippen molar-refractivity contribution in [1.29, 1.82) is 0 Å². The van der Waals surface area contributed by atoms with Crippen molar-refractivity contribution in [2.75, 3.05) is 11.5 Å². The Bertz CT molecular complexity index is 329. The number of thioether (sulfide) groups is 1. The van der Waals surface area contributed by atoms with Gasteiger partial charge in [0.1, 0.15) is 0 Å². The summed E-state index contributed by atoms with van der Waals surface area (Å²) in [5, 5.41) is 17.5. The molecule has 7 nitrogen and oxygen atoms in total. The van der Waals surface area contributed by atoms with Gasteiger partial charge in [-0.1, -0.05) is 0 Å². The molecule has 19 heavy (non-hydrogen) atoms. The fourth-order valence-corrected chi connectivity index (χ4v) is 3.23. The van der Waals surface area contributed by atoms with Crippen LogP contribution in [0.5, 0.6) is 0 Å². The quantitative estimate of drug-likeness (QED) is 0.277. The molecule has 9 heteroatoms. The SMILES string of the molecule is CCC(=O)[Se]NC(CCSCC(N)C(=O)O)C(=O)O. The van der Waals surface area contributed by atoms with Crippen LogP contribution in [0.25, 0.3) is 0 Å². The molecule has 0 spiro atoms. The summed E-state index contributed by atoms with van der Waals surface area (Å²) < 4.78 is 2.75. The first-order chi connectivity index (χ1) is 8.88. The second-order valence-corrected chi connectivity index (χ2v) is 6.67. The van der Waals surface area contributed by atoms with Crippen molar-refractivity contribution in [1.82, 2.24) is 4.33 Å². The van der Waals surface area contributed by atoms with Gasteiger partial charge in [-0.2, -0.15) is 0 Å². The van der Waals surface area contributed by atoms with Crippen LogP contribution in [0.2, 0.25) is 0 Å². The molecule has 0 rings (SSSR count). The van der Waals surface area contributed by atoms with E-state index in [1.165, 1.54) is 11.8 Å². The molecule has 2 unspecified atom stereocenters. The fraction of sp³-hybridized carbons (Fsp3) is 0.700. The van der Waals surface area contributed by atoms with Crippen LogP contribution in [0.3, 0.4) is 0 Å². The Morgan fingerprint density at radius 1 is 1.32 bits per heavy atom. The summed E-state index contributed by atoms with van der Waals surface area (Å²) in [5.41, 5.74) is 5.32. The minimum absolute atomic E-state index is 0.0132. The van der Waals surface area contributed by atoms with Crippen molar-refractivity contribution < 1.29 is 24.6 Å². The van der Waals surface area contributed by atoms with Crippen LogP contribution in [0.1, 0.15) is 19.8 Å². The van der Waals surface area contributed by atoms with E-state index < -0.39 is 39.2 Å². The van der Waals surface area contributed by atoms with Crippen molar-refractivity contribution in [3.63, 3.8) is 0 Å². The number of hydrogen-bond acceptors (Lipinski definition) is 6. The van der Waals surface area contributed by atoms with Gasteiger partial charge < -0.3 is 0 Å². The summed E-state index contributed by atoms with van der Waals surface area (Å²) in [4.78, 5) is 32.5. The van der Waals surface area contributed by atoms with E-state index in [-0.39, 0.29) is 10.4 Å². The van der Waals surface area contributed by atoms with Gasteiger partial charge in [-0.25, -0.2) is 0 Å². The third kappa shape index (κ3) is 9.01. The average molecular weight is 357 g/mol. The number of carboxylic acid groups (broad SMARTS) is 2. The topological polar surface area (TPSA) is 130 Å². The molecule has 110 valence electrons. The molecule has 0 saturated heterocycles. The van der Waals surface area contributed by atoms with Crippen molar-refractivity contribution in [3.05, 3.63) is 0 Å². The van der Waals surface area contributed by atoms with E-state index in [0.29, 0.717) is 18.6 Å². The van der Waals surface area contributed by atoms with Gasteiger partial charge in [0, 0.05) is 0 Å². The van der Waals surface area contributed by atoms with Crippen molar-refractivity contribution >= 4 is 43.6 Å². The molecule has 0 bridgehead atoms. The van der Waals surface area contributed by atoms with E-state index in [2.05, 4.69) is 4.33 Å². The molecule has 0 saturated carbocycles. The van der Waals surface area contributed by atoms with Gasteiger partial charge in [-0.3, -0.25) is 0 Å². The van der Waals surface area contributed by atoms with Gasteiger partial charge in [0.25, 0.3) is 0 Å². The summed E-state index contributed by atoms with van der Waals surface area (Å²) in [6.45, 7) is 1.73. The summed E-state index contributed by atoms with van der Waals surface area (Å²) in [7, 11) is 0. The van der Waals surface area contributed by atoms with Gasteiger partial charge in [-0.15, -0.1) is 0 Å². The summed E-state index contributed by atoms with van der Waals surface area (Å²) in [6, 6.07) is -1.71. The second-order valence-electron chi connectivity index (χ2n) is 3.64. The maximum atomic E-state index is 11.1. The molecule has 0 heterocycles. The number of carbonyl (C=O) groups is 3. The van der Waals surface area contributed by atoms with Crippen LogP contribution >= 0.6 is 11.8 Å². The molecule has 2 atom stereocenters. The van der Waals surface area contributed by atoms with Gasteiger partial charge in [0.05, 0.1) is 0 Å². The molecule has 0 aromatic carbocycles. The van der Waals surface area contributed by atoms with Gasteiger partial charge >= 0.3 is 122 Å². The number of nitrogens with two attached hydrogens (primary N) is 1. The molecule has 0 aliphatic rings. The molecular formula is C10H18N2O5SSe. The molecular weight excluding hydrogens is 339 g/mol. The number of hydrogen-bond donors (Lipinski definition) is 4. The predicted octanol–water partition coefficient (Wildman–Crippen LogP) is -0.880. The third-order valence-electron chi connectivity index (χ3n) is 2.07. The zero-order valence-corrected chi connectivity index (χ0v) is 13.0. The van der Waals surface area contributed by atoms with Crippen LogP contribution in [0.4, 0.5) is 0 Å². The molecule has 5 N–H and O–H groups in total. The second kappa shape index (κ2) is 10.2. The van der Waals surface area contributed by atoms with E-state index in [1.807, 2.05) is 0 Å². The molecule has 0 amide bonds. The van der Waals surface area contributed by atoms with E-state index in [9.17, 15) is 14.4 Å². The van der Waals surface area contributed by atoms with Crippen molar-refractivity contribution in [2.24, 2.45) is 5.73 Å². The number of rotatable bonds is 11. The van der Waals surface area contributed by atoms with Crippen LogP contribution in [-0.4, -0.2) is 65.6 Å². The number of carboxylic acids is 2. The summed E-state index contributed by atoms with van der Waals surface area (Å²) >= 11 is 0.760. The Balaban J connectivity index is 3.92. The number of nitrogens with one attached hydrogen (secondary N) is 1. The first-order valence-electron chi connectivity index (χ1n) is 5.62. The van der Waals surface area contributed by atoms with Crippen LogP contribution < -0.4 is 10.1 Å². The van der Waals surface area contributed by atoms with Crippen molar-refractivity contribution in [3.8, 4) is 0 Å². The van der Waals surface area contributed by atoms with E-state index in [1.54, 1.807) is 6.92 Å². The zero-order valence-electron chi connectivity index (χ0n) is 10.5. The fourth-order valence-electron chi connectivity index (χ4n) is 0.925. The molecule has 0 aliphatic carbocycles.